The minimum absolute atomic E-state index is 0.293. The molecule has 0 atom stereocenters. The fraction of sp³-hybridized carbons (Fsp3) is 0.118. The number of benzene rings is 2. The van der Waals surface area contributed by atoms with Gasteiger partial charge < -0.3 is 9.47 Å². The summed E-state index contributed by atoms with van der Waals surface area (Å²) < 4.78 is 10.0. The number of hydrogen-bond donors (Lipinski definition) is 0. The van der Waals surface area contributed by atoms with Gasteiger partial charge >= 0.3 is 11.9 Å². The van der Waals surface area contributed by atoms with Gasteiger partial charge in [-0.3, -0.25) is 0 Å². The molecule has 0 bridgehead atoms. The molecule has 22 heavy (non-hydrogen) atoms. The Morgan fingerprint density at radius 3 is 2.00 bits per heavy atom. The van der Waals surface area contributed by atoms with Crippen molar-refractivity contribution in [3.05, 3.63) is 65.2 Å². The van der Waals surface area contributed by atoms with Crippen LogP contribution in [0.2, 0.25) is 0 Å². The van der Waals surface area contributed by atoms with Gasteiger partial charge in [0.25, 0.3) is 0 Å². The normalized spacial score (nSPS) is 9.64. The lowest BCUT2D eigenvalue weighted by Crippen LogP contribution is -2.09. The molecule has 0 fully saturated rings. The molecule has 5 nitrogen and oxygen atoms in total. The monoisotopic (exact) mass is 295 g/mol. The molecule has 0 saturated carbocycles. The summed E-state index contributed by atoms with van der Waals surface area (Å²) in [5.74, 6) is -0.631. The second kappa shape index (κ2) is 7.04. The van der Waals surface area contributed by atoms with Gasteiger partial charge in [-0.25, -0.2) is 9.59 Å². The van der Waals surface area contributed by atoms with Crippen LogP contribution >= 0.6 is 0 Å². The molecule has 2 rings (SSSR count). The van der Waals surface area contributed by atoms with Crippen LogP contribution in [0, 0.1) is 11.3 Å². The molecule has 0 aliphatic rings. The van der Waals surface area contributed by atoms with E-state index in [0.717, 1.165) is 0 Å². The Morgan fingerprint density at radius 2 is 1.50 bits per heavy atom. The maximum Gasteiger partial charge on any atom is 0.343 e. The van der Waals surface area contributed by atoms with Crippen molar-refractivity contribution in [1.29, 1.82) is 5.26 Å². The van der Waals surface area contributed by atoms with Gasteiger partial charge in [-0.1, -0.05) is 0 Å². The Hall–Kier alpha value is -3.13. The Kier molecular flexibility index (Phi) is 4.89. The van der Waals surface area contributed by atoms with E-state index in [1.807, 2.05) is 6.07 Å². The Labute approximate surface area is 127 Å². The van der Waals surface area contributed by atoms with Crippen molar-refractivity contribution in [3.8, 4) is 11.8 Å². The van der Waals surface area contributed by atoms with E-state index in [4.69, 9.17) is 14.7 Å². The van der Waals surface area contributed by atoms with Crippen molar-refractivity contribution in [2.75, 3.05) is 6.61 Å². The number of rotatable bonds is 4. The van der Waals surface area contributed by atoms with E-state index < -0.39 is 11.9 Å². The van der Waals surface area contributed by atoms with Gasteiger partial charge in [0.05, 0.1) is 29.4 Å². The number of nitriles is 1. The third kappa shape index (κ3) is 3.70. The van der Waals surface area contributed by atoms with Crippen LogP contribution in [-0.2, 0) is 4.74 Å². The average Bonchev–Trinajstić information content (AvgIpc) is 2.56. The highest BCUT2D eigenvalue weighted by molar-refractivity contribution is 5.94. The zero-order valence-corrected chi connectivity index (χ0v) is 11.9. The highest BCUT2D eigenvalue weighted by atomic mass is 16.5. The molecule has 0 saturated heterocycles. The minimum Gasteiger partial charge on any atom is -0.462 e. The summed E-state index contributed by atoms with van der Waals surface area (Å²) in [5.41, 5.74) is 1.17. The van der Waals surface area contributed by atoms with Crippen molar-refractivity contribution < 1.29 is 19.1 Å². The zero-order chi connectivity index (χ0) is 15.9. The predicted molar refractivity (Wildman–Crippen MR) is 78.5 cm³/mol. The third-order valence-corrected chi connectivity index (χ3v) is 2.83. The minimum atomic E-state index is -0.542. The summed E-state index contributed by atoms with van der Waals surface area (Å²) in [6, 6.07) is 14.2. The Bertz CT molecular complexity index is 712. The van der Waals surface area contributed by atoms with Crippen LogP contribution < -0.4 is 4.74 Å². The molecule has 0 aliphatic heterocycles. The summed E-state index contributed by atoms with van der Waals surface area (Å²) in [4.78, 5) is 23.5. The first-order valence-electron chi connectivity index (χ1n) is 6.63. The molecule has 0 radical (unpaired) electrons. The van der Waals surface area contributed by atoms with E-state index in [1.165, 1.54) is 24.3 Å². The standard InChI is InChI=1S/C17H13NO4/c1-2-21-16(19)13-5-7-14(8-6-13)17(20)22-15-9-3-12(11-18)4-10-15/h3-10H,2H2,1H3. The first-order valence-corrected chi connectivity index (χ1v) is 6.63. The SMILES string of the molecule is CCOC(=O)c1ccc(C(=O)Oc2ccc(C#N)cc2)cc1. The molecule has 2 aromatic carbocycles. The average molecular weight is 295 g/mol. The maximum absolute atomic E-state index is 12.0. The summed E-state index contributed by atoms with van der Waals surface area (Å²) in [5, 5.41) is 8.70. The van der Waals surface area contributed by atoms with Crippen LogP contribution in [0.1, 0.15) is 33.2 Å². The Morgan fingerprint density at radius 1 is 0.955 bits per heavy atom. The summed E-state index contributed by atoms with van der Waals surface area (Å²) in [6.45, 7) is 2.02. The van der Waals surface area contributed by atoms with Gasteiger partial charge in [-0.2, -0.15) is 5.26 Å². The smallest absolute Gasteiger partial charge is 0.343 e. The van der Waals surface area contributed by atoms with Crippen molar-refractivity contribution >= 4 is 11.9 Å². The molecule has 0 unspecified atom stereocenters. The summed E-state index contributed by atoms with van der Waals surface area (Å²) in [7, 11) is 0. The lowest BCUT2D eigenvalue weighted by Gasteiger charge is -2.05. The number of nitrogens with zero attached hydrogens (tertiary/aromatic N) is 1. The van der Waals surface area contributed by atoms with E-state index in [0.29, 0.717) is 29.0 Å². The first kappa shape index (κ1) is 15.3. The van der Waals surface area contributed by atoms with Crippen LogP contribution in [0.5, 0.6) is 5.75 Å². The van der Waals surface area contributed by atoms with E-state index in [-0.39, 0.29) is 0 Å². The highest BCUT2D eigenvalue weighted by Crippen LogP contribution is 2.14. The molecular weight excluding hydrogens is 282 g/mol. The fourth-order valence-corrected chi connectivity index (χ4v) is 1.72. The molecule has 0 heterocycles. The van der Waals surface area contributed by atoms with Gasteiger partial charge in [0.1, 0.15) is 5.75 Å². The van der Waals surface area contributed by atoms with Gasteiger partial charge in [-0.15, -0.1) is 0 Å². The number of carbonyl (C=O) groups excluding carboxylic acids is 2. The number of esters is 2. The van der Waals surface area contributed by atoms with E-state index in [2.05, 4.69) is 0 Å². The zero-order valence-electron chi connectivity index (χ0n) is 11.9. The lowest BCUT2D eigenvalue weighted by molar-refractivity contribution is 0.0525. The van der Waals surface area contributed by atoms with Gasteiger partial charge in [0, 0.05) is 0 Å². The number of hydrogen-bond acceptors (Lipinski definition) is 5. The van der Waals surface area contributed by atoms with E-state index in [9.17, 15) is 9.59 Å². The maximum atomic E-state index is 12.0. The fourth-order valence-electron chi connectivity index (χ4n) is 1.72. The van der Waals surface area contributed by atoms with Crippen LogP contribution in [0.3, 0.4) is 0 Å². The molecular formula is C17H13NO4. The highest BCUT2D eigenvalue weighted by Gasteiger charge is 2.11. The largest absolute Gasteiger partial charge is 0.462 e. The molecule has 0 aromatic heterocycles. The second-order valence-electron chi connectivity index (χ2n) is 4.32. The van der Waals surface area contributed by atoms with Crippen LogP contribution in [0.4, 0.5) is 0 Å². The quantitative estimate of drug-likeness (QED) is 0.640. The van der Waals surface area contributed by atoms with E-state index in [1.54, 1.807) is 31.2 Å². The van der Waals surface area contributed by atoms with Crippen LogP contribution in [0.25, 0.3) is 0 Å². The lowest BCUT2D eigenvalue weighted by atomic mass is 10.1. The van der Waals surface area contributed by atoms with Crippen molar-refractivity contribution in [1.82, 2.24) is 0 Å². The molecule has 0 aliphatic carbocycles. The Balaban J connectivity index is 2.06. The molecule has 0 amide bonds. The summed E-state index contributed by atoms with van der Waals surface area (Å²) in [6.07, 6.45) is 0. The van der Waals surface area contributed by atoms with Crippen molar-refractivity contribution in [3.63, 3.8) is 0 Å². The van der Waals surface area contributed by atoms with Gasteiger partial charge in [0.2, 0.25) is 0 Å². The van der Waals surface area contributed by atoms with Crippen LogP contribution in [0.15, 0.2) is 48.5 Å². The molecule has 0 N–H and O–H groups in total. The van der Waals surface area contributed by atoms with Crippen LogP contribution in [-0.4, -0.2) is 18.5 Å². The molecule has 0 spiro atoms. The van der Waals surface area contributed by atoms with Crippen molar-refractivity contribution in [2.45, 2.75) is 6.92 Å². The van der Waals surface area contributed by atoms with Crippen molar-refractivity contribution in [2.24, 2.45) is 0 Å². The number of ether oxygens (including phenoxy) is 2. The molecule has 5 heteroatoms. The molecule has 2 aromatic rings. The number of carbonyl (C=O) groups is 2. The molecule has 110 valence electrons. The predicted octanol–water partition coefficient (Wildman–Crippen LogP) is 2.95. The second-order valence-corrected chi connectivity index (χ2v) is 4.32. The van der Waals surface area contributed by atoms with Gasteiger partial charge in [0.15, 0.2) is 0 Å². The topological polar surface area (TPSA) is 76.4 Å². The van der Waals surface area contributed by atoms with Gasteiger partial charge in [-0.05, 0) is 55.5 Å². The first-order chi connectivity index (χ1) is 10.6. The van der Waals surface area contributed by atoms with E-state index >= 15 is 0 Å². The summed E-state index contributed by atoms with van der Waals surface area (Å²) >= 11 is 0. The third-order valence-electron chi connectivity index (χ3n) is 2.83.